The molecule has 0 unspecified atom stereocenters. The summed E-state index contributed by atoms with van der Waals surface area (Å²) in [5.41, 5.74) is 1.15. The molecule has 0 radical (unpaired) electrons. The Balaban J connectivity index is 2.01. The van der Waals surface area contributed by atoms with E-state index in [0.29, 0.717) is 5.56 Å². The molecule has 0 aliphatic rings. The SMILES string of the molecule is O=C(CN(CCOC(=O)N[C@@H](Cc1ccc([N+](=O)[O-])cc1)C(=O)OCc1ccccc1)CC(=O)OBr)OBr. The number of nitrogens with one attached hydrogen (secondary N) is 1. The van der Waals surface area contributed by atoms with Crippen molar-refractivity contribution in [2.24, 2.45) is 0 Å². The summed E-state index contributed by atoms with van der Waals surface area (Å²) >= 11 is 5.10. The molecule has 0 aliphatic heterocycles. The van der Waals surface area contributed by atoms with E-state index in [1.807, 2.05) is 6.07 Å². The predicted octanol–water partition coefficient (Wildman–Crippen LogP) is 2.98. The predicted molar refractivity (Wildman–Crippen MR) is 138 cm³/mol. The van der Waals surface area contributed by atoms with E-state index in [9.17, 15) is 29.3 Å². The first-order valence-corrected chi connectivity index (χ1v) is 12.2. The summed E-state index contributed by atoms with van der Waals surface area (Å²) in [4.78, 5) is 60.0. The third kappa shape index (κ3) is 11.2. The number of halogens is 2. The standard InChI is InChI=1S/C23H23Br2N3O10/c24-37-20(29)13-27(14-21(30)38-25)10-11-35-23(32)26-19(12-16-6-8-18(9-7-16)28(33)34)22(31)36-15-17-4-2-1-3-5-17/h1-9,19H,10-15H2,(H,26,32)/t19-/m0/s1. The molecule has 2 rings (SSSR count). The van der Waals surface area contributed by atoms with Gasteiger partial charge < -0.3 is 22.4 Å². The highest BCUT2D eigenvalue weighted by atomic mass is 79.9. The fraction of sp³-hybridized carbons (Fsp3) is 0.304. The number of carbonyl (C=O) groups is 4. The van der Waals surface area contributed by atoms with E-state index < -0.39 is 35.0 Å². The van der Waals surface area contributed by atoms with Crippen LogP contribution in [-0.2, 0) is 44.5 Å². The number of nitro groups is 1. The molecule has 0 bridgehead atoms. The number of nitrogens with zero attached hydrogens (tertiary/aromatic N) is 2. The highest BCUT2D eigenvalue weighted by Gasteiger charge is 2.24. The van der Waals surface area contributed by atoms with Gasteiger partial charge in [0, 0.05) is 25.1 Å². The smallest absolute Gasteiger partial charge is 0.407 e. The normalized spacial score (nSPS) is 11.2. The van der Waals surface area contributed by atoms with Crippen molar-refractivity contribution < 1.29 is 41.2 Å². The molecule has 38 heavy (non-hydrogen) atoms. The lowest BCUT2D eigenvalue weighted by Crippen LogP contribution is -2.44. The van der Waals surface area contributed by atoms with Gasteiger partial charge in [0.25, 0.3) is 5.69 Å². The first-order valence-electron chi connectivity index (χ1n) is 10.9. The molecule has 13 nitrogen and oxygen atoms in total. The van der Waals surface area contributed by atoms with Crippen molar-refractivity contribution in [3.05, 3.63) is 75.8 Å². The lowest BCUT2D eigenvalue weighted by atomic mass is 10.1. The maximum atomic E-state index is 12.8. The third-order valence-electron chi connectivity index (χ3n) is 4.91. The number of amides is 1. The van der Waals surface area contributed by atoms with E-state index in [1.54, 1.807) is 24.3 Å². The molecule has 0 fully saturated rings. The van der Waals surface area contributed by atoms with Crippen molar-refractivity contribution in [2.75, 3.05) is 26.2 Å². The molecule has 0 aromatic heterocycles. The quantitative estimate of drug-likeness (QED) is 0.180. The Hall–Kier alpha value is -3.56. The van der Waals surface area contributed by atoms with Gasteiger partial charge in [-0.1, -0.05) is 42.5 Å². The lowest BCUT2D eigenvalue weighted by molar-refractivity contribution is -0.384. The minimum Gasteiger partial charge on any atom is -0.459 e. The van der Waals surface area contributed by atoms with E-state index in [2.05, 4.69) is 45.5 Å². The number of rotatable bonds is 14. The zero-order chi connectivity index (χ0) is 27.9. The van der Waals surface area contributed by atoms with Crippen molar-refractivity contribution in [1.82, 2.24) is 10.2 Å². The van der Waals surface area contributed by atoms with Gasteiger partial charge in [-0.25, -0.2) is 19.2 Å². The number of nitro benzene ring substituents is 1. The number of ether oxygens (including phenoxy) is 2. The molecule has 0 aliphatic carbocycles. The number of alkyl carbamates (subject to hydrolysis) is 1. The summed E-state index contributed by atoms with van der Waals surface area (Å²) in [6.45, 7) is -0.918. The van der Waals surface area contributed by atoms with Gasteiger partial charge in [-0.3, -0.25) is 15.0 Å². The Bertz CT molecular complexity index is 1080. The number of carbonyl (C=O) groups excluding carboxylic acids is 4. The minimum absolute atomic E-state index is 0.0268. The summed E-state index contributed by atoms with van der Waals surface area (Å²) in [6, 6.07) is 13.2. The lowest BCUT2D eigenvalue weighted by Gasteiger charge is -2.20. The van der Waals surface area contributed by atoms with Gasteiger partial charge in [0.05, 0.1) is 18.0 Å². The Morgan fingerprint density at radius 2 is 1.50 bits per heavy atom. The van der Waals surface area contributed by atoms with Crippen molar-refractivity contribution in [3.63, 3.8) is 0 Å². The van der Waals surface area contributed by atoms with Gasteiger partial charge >= 0.3 is 24.0 Å². The fourth-order valence-electron chi connectivity index (χ4n) is 3.09. The molecular weight excluding hydrogens is 638 g/mol. The van der Waals surface area contributed by atoms with Crippen LogP contribution >= 0.6 is 32.5 Å². The molecule has 0 saturated heterocycles. The van der Waals surface area contributed by atoms with Crippen LogP contribution in [0.2, 0.25) is 0 Å². The topological polar surface area (TPSA) is 164 Å². The van der Waals surface area contributed by atoms with E-state index in [0.717, 1.165) is 5.56 Å². The Morgan fingerprint density at radius 3 is 2.05 bits per heavy atom. The van der Waals surface area contributed by atoms with Gasteiger partial charge in [0.2, 0.25) is 0 Å². The number of non-ortho nitro benzene ring substituents is 1. The van der Waals surface area contributed by atoms with E-state index in [4.69, 9.17) is 9.47 Å². The van der Waals surface area contributed by atoms with Gasteiger partial charge in [-0.05, 0) is 11.1 Å². The molecule has 0 saturated carbocycles. The largest absolute Gasteiger partial charge is 0.459 e. The van der Waals surface area contributed by atoms with Crippen LogP contribution in [0.25, 0.3) is 0 Å². The first-order chi connectivity index (χ1) is 18.2. The van der Waals surface area contributed by atoms with E-state index in [-0.39, 0.29) is 45.0 Å². The third-order valence-corrected chi connectivity index (χ3v) is 5.63. The fourth-order valence-corrected chi connectivity index (χ4v) is 3.30. The zero-order valence-corrected chi connectivity index (χ0v) is 22.9. The molecule has 1 atom stereocenters. The zero-order valence-electron chi connectivity index (χ0n) is 19.7. The average Bonchev–Trinajstić information content (AvgIpc) is 2.91. The average molecular weight is 661 g/mol. The number of hydrogen-bond donors (Lipinski definition) is 1. The van der Waals surface area contributed by atoms with Crippen LogP contribution in [0, 0.1) is 10.1 Å². The maximum Gasteiger partial charge on any atom is 0.407 e. The summed E-state index contributed by atoms with van der Waals surface area (Å²) in [5, 5.41) is 13.3. The molecular formula is C23H23Br2N3O10. The highest BCUT2D eigenvalue weighted by molar-refractivity contribution is 9.06. The molecule has 2 aromatic rings. The van der Waals surface area contributed by atoms with E-state index in [1.165, 1.54) is 29.2 Å². The molecule has 204 valence electrons. The van der Waals surface area contributed by atoms with Crippen LogP contribution in [0.5, 0.6) is 0 Å². The highest BCUT2D eigenvalue weighted by Crippen LogP contribution is 2.14. The molecule has 0 heterocycles. The van der Waals surface area contributed by atoms with Crippen molar-refractivity contribution in [1.29, 1.82) is 0 Å². The summed E-state index contributed by atoms with van der Waals surface area (Å²) in [7, 11) is 0. The Kier molecular flexibility index (Phi) is 13.2. The monoisotopic (exact) mass is 659 g/mol. The first kappa shape index (κ1) is 30.7. The van der Waals surface area contributed by atoms with Crippen LogP contribution in [0.1, 0.15) is 11.1 Å². The van der Waals surface area contributed by atoms with Crippen molar-refractivity contribution >= 4 is 62.2 Å². The second kappa shape index (κ2) is 16.3. The second-order valence-electron chi connectivity index (χ2n) is 7.66. The molecule has 2 aromatic carbocycles. The van der Waals surface area contributed by atoms with Gasteiger partial charge in [-0.2, -0.15) is 0 Å². The maximum absolute atomic E-state index is 12.8. The molecule has 0 spiro atoms. The summed E-state index contributed by atoms with van der Waals surface area (Å²) in [5.74, 6) is -2.13. The van der Waals surface area contributed by atoms with Crippen LogP contribution in [0.4, 0.5) is 10.5 Å². The summed E-state index contributed by atoms with van der Waals surface area (Å²) < 4.78 is 19.2. The molecule has 1 N–H and O–H groups in total. The van der Waals surface area contributed by atoms with Crippen molar-refractivity contribution in [2.45, 2.75) is 19.1 Å². The van der Waals surface area contributed by atoms with E-state index >= 15 is 0 Å². The second-order valence-corrected chi connectivity index (χ2v) is 8.31. The van der Waals surface area contributed by atoms with Crippen LogP contribution in [0.15, 0.2) is 54.6 Å². The van der Waals surface area contributed by atoms with Crippen molar-refractivity contribution in [3.8, 4) is 0 Å². The number of hydrogen-bond acceptors (Lipinski definition) is 11. The Morgan fingerprint density at radius 1 is 0.895 bits per heavy atom. The Labute approximate surface area is 234 Å². The molecule has 15 heteroatoms. The van der Waals surface area contributed by atoms with Crippen LogP contribution in [0.3, 0.4) is 0 Å². The number of esters is 1. The van der Waals surface area contributed by atoms with Gasteiger partial charge in [0.1, 0.15) is 19.3 Å². The number of benzene rings is 2. The van der Waals surface area contributed by atoms with Crippen LogP contribution in [-0.4, -0.2) is 66.1 Å². The minimum atomic E-state index is -1.17. The van der Waals surface area contributed by atoms with Gasteiger partial charge in [-0.15, -0.1) is 0 Å². The summed E-state index contributed by atoms with van der Waals surface area (Å²) in [6.07, 6.45) is -0.985. The van der Waals surface area contributed by atoms with Gasteiger partial charge in [0.15, 0.2) is 32.5 Å². The molecule has 1 amide bonds. The van der Waals surface area contributed by atoms with Crippen LogP contribution < -0.4 is 5.32 Å².